The summed E-state index contributed by atoms with van der Waals surface area (Å²) in [6.45, 7) is 0.486. The van der Waals surface area contributed by atoms with Crippen LogP contribution in [0, 0.1) is 11.6 Å². The minimum Gasteiger partial charge on any atom is -0.306 e. The number of likely N-dealkylation sites (N-methyl/N-ethyl adjacent to an activating group) is 1. The number of fused-ring (bicyclic) bond motifs is 1. The van der Waals surface area contributed by atoms with Crippen molar-refractivity contribution in [1.29, 1.82) is 0 Å². The number of amides is 2. The molecule has 0 bridgehead atoms. The molecule has 3 heterocycles. The number of nitrogens with one attached hydrogen (secondary N) is 2. The monoisotopic (exact) mass is 682 g/mol. The average molecular weight is 683 g/mol. The summed E-state index contributed by atoms with van der Waals surface area (Å²) >= 11 is 1.20. The zero-order valence-electron chi connectivity index (χ0n) is 26.7. The molecule has 0 atom stereocenters. The summed E-state index contributed by atoms with van der Waals surface area (Å²) in [6.07, 6.45) is 2.39. The third-order valence-corrected chi connectivity index (χ3v) is 9.27. The number of halogens is 2. The number of thiophene rings is 1. The third-order valence-electron chi connectivity index (χ3n) is 7.97. The molecule has 2 N–H and O–H groups in total. The van der Waals surface area contributed by atoms with E-state index in [0.29, 0.717) is 46.9 Å². The first kappa shape index (κ1) is 33.4. The van der Waals surface area contributed by atoms with Crippen molar-refractivity contribution in [3.05, 3.63) is 146 Å². The summed E-state index contributed by atoms with van der Waals surface area (Å²) in [6, 6.07) is 24.1. The van der Waals surface area contributed by atoms with Crippen molar-refractivity contribution in [2.45, 2.75) is 19.5 Å². The quantitative estimate of drug-likeness (QED) is 0.163. The first-order valence-electron chi connectivity index (χ1n) is 15.3. The second-order valence-corrected chi connectivity index (χ2v) is 12.3. The minimum atomic E-state index is -0.802. The van der Waals surface area contributed by atoms with Gasteiger partial charge in [-0.15, -0.1) is 11.3 Å². The van der Waals surface area contributed by atoms with E-state index in [1.54, 1.807) is 60.8 Å². The number of para-hydroxylation sites is 1. The van der Waals surface area contributed by atoms with Gasteiger partial charge in [0.15, 0.2) is 0 Å². The molecule has 0 aliphatic heterocycles. The number of carbonyl (C=O) groups excluding carboxylic acids is 1. The lowest BCUT2D eigenvalue weighted by Gasteiger charge is -2.18. The van der Waals surface area contributed by atoms with Gasteiger partial charge < -0.3 is 10.2 Å². The number of rotatable bonds is 11. The van der Waals surface area contributed by atoms with Crippen molar-refractivity contribution in [2.24, 2.45) is 0 Å². The average Bonchev–Trinajstić information content (AvgIpc) is 3.47. The van der Waals surface area contributed by atoms with Gasteiger partial charge in [0.05, 0.1) is 24.7 Å². The first-order valence-corrected chi connectivity index (χ1v) is 16.1. The molecule has 0 unspecified atom stereocenters. The van der Waals surface area contributed by atoms with E-state index in [9.17, 15) is 14.4 Å². The van der Waals surface area contributed by atoms with Gasteiger partial charge in [0.2, 0.25) is 0 Å². The second-order valence-electron chi connectivity index (χ2n) is 11.3. The van der Waals surface area contributed by atoms with Crippen molar-refractivity contribution in [1.82, 2.24) is 24.5 Å². The zero-order chi connectivity index (χ0) is 34.5. The van der Waals surface area contributed by atoms with Gasteiger partial charge in [-0.05, 0) is 66.7 Å². The highest BCUT2D eigenvalue weighted by molar-refractivity contribution is 7.22. The predicted octanol–water partition coefficient (Wildman–Crippen LogP) is 5.96. The number of aromatic nitrogens is 3. The molecule has 0 aliphatic carbocycles. The van der Waals surface area contributed by atoms with E-state index in [4.69, 9.17) is 0 Å². The Hall–Kier alpha value is -5.50. The molecule has 6 rings (SSSR count). The van der Waals surface area contributed by atoms with Gasteiger partial charge in [-0.25, -0.2) is 28.4 Å². The van der Waals surface area contributed by atoms with E-state index < -0.39 is 35.5 Å². The maximum atomic E-state index is 15.0. The van der Waals surface area contributed by atoms with Crippen LogP contribution in [0.15, 0.2) is 107 Å². The molecule has 10 nitrogen and oxygen atoms in total. The Kier molecular flexibility index (Phi) is 10.0. The Bertz CT molecular complexity index is 2200. The predicted molar refractivity (Wildman–Crippen MR) is 186 cm³/mol. The highest BCUT2D eigenvalue weighted by Gasteiger charge is 2.25. The fourth-order valence-electron chi connectivity index (χ4n) is 5.59. The molecule has 49 heavy (non-hydrogen) atoms. The van der Waals surface area contributed by atoms with Crippen molar-refractivity contribution in [3.8, 4) is 16.1 Å². The number of hydrogen-bond donors (Lipinski definition) is 2. The molecule has 3 aromatic heterocycles. The lowest BCUT2D eigenvalue weighted by molar-refractivity contribution is 0.114. The van der Waals surface area contributed by atoms with Crippen LogP contribution in [-0.4, -0.2) is 45.8 Å². The first-order chi connectivity index (χ1) is 23.7. The van der Waals surface area contributed by atoms with E-state index in [-0.39, 0.29) is 15.8 Å². The van der Waals surface area contributed by atoms with Crippen LogP contribution in [0.1, 0.15) is 16.8 Å². The van der Waals surface area contributed by atoms with Crippen molar-refractivity contribution in [2.75, 3.05) is 26.0 Å². The number of urea groups is 1. The molecule has 0 aliphatic rings. The van der Waals surface area contributed by atoms with Crippen LogP contribution in [0.25, 0.3) is 26.3 Å². The van der Waals surface area contributed by atoms with Gasteiger partial charge in [0.1, 0.15) is 16.5 Å². The Labute approximate surface area is 283 Å². The van der Waals surface area contributed by atoms with E-state index in [1.807, 2.05) is 25.2 Å². The lowest BCUT2D eigenvalue weighted by Crippen LogP contribution is -2.39. The normalized spacial score (nSPS) is 11.3. The summed E-state index contributed by atoms with van der Waals surface area (Å²) in [5.74, 6) is -1.60. The van der Waals surface area contributed by atoms with E-state index in [2.05, 4.69) is 25.5 Å². The van der Waals surface area contributed by atoms with Crippen LogP contribution in [0.3, 0.4) is 0 Å². The minimum absolute atomic E-state index is 0.270. The third kappa shape index (κ3) is 7.18. The van der Waals surface area contributed by atoms with Gasteiger partial charge in [-0.2, -0.15) is 0 Å². The van der Waals surface area contributed by atoms with Gasteiger partial charge in [0, 0.05) is 47.5 Å². The fraction of sp³-hybridized carbons (Fsp3) is 0.167. The Balaban J connectivity index is 1.55. The molecular formula is C36H32F2N6O4S. The van der Waals surface area contributed by atoms with Crippen LogP contribution in [-0.2, 0) is 24.3 Å². The maximum absolute atomic E-state index is 15.0. The SMILES string of the molecule is CONC(=O)Nc1ccc(-c2sc3c(c2CN(C)CCc2ccccn2)c(=O)n(-c2ccccc2)c(=O)n3Cc2c(F)cccc2F)cc1. The molecule has 250 valence electrons. The Morgan fingerprint density at radius 2 is 1.63 bits per heavy atom. The molecule has 0 radical (unpaired) electrons. The van der Waals surface area contributed by atoms with Crippen LogP contribution < -0.4 is 22.0 Å². The molecule has 0 fully saturated rings. The summed E-state index contributed by atoms with van der Waals surface area (Å²) in [4.78, 5) is 52.8. The molecular weight excluding hydrogens is 650 g/mol. The topological polar surface area (TPSA) is 110 Å². The fourth-order valence-corrected chi connectivity index (χ4v) is 6.90. The molecule has 0 saturated carbocycles. The molecule has 0 saturated heterocycles. The standard InChI is InChI=1S/C36H32F2N6O4S/c1-42(20-18-24-9-6-7-19-39-24)21-28-31-33(45)44(26-10-4-3-5-11-26)36(47)43(22-27-29(37)12-8-13-30(27)38)34(31)49-32(28)23-14-16-25(17-15-23)40-35(46)41-48-2/h3-17,19H,18,20-22H2,1-2H3,(H2,40,41,46). The zero-order valence-corrected chi connectivity index (χ0v) is 27.5. The molecule has 2 amide bonds. The van der Waals surface area contributed by atoms with Crippen LogP contribution in [0.2, 0.25) is 0 Å². The molecule has 13 heteroatoms. The highest BCUT2D eigenvalue weighted by atomic mass is 32.1. The van der Waals surface area contributed by atoms with Gasteiger partial charge in [0.25, 0.3) is 5.56 Å². The number of carbonyl (C=O) groups is 1. The molecule has 3 aromatic carbocycles. The number of hydrogen-bond acceptors (Lipinski definition) is 7. The van der Waals surface area contributed by atoms with Gasteiger partial charge >= 0.3 is 11.7 Å². The number of nitrogens with zero attached hydrogens (tertiary/aromatic N) is 4. The second kappa shape index (κ2) is 14.7. The van der Waals surface area contributed by atoms with Crippen LogP contribution in [0.5, 0.6) is 0 Å². The number of pyridine rings is 1. The summed E-state index contributed by atoms with van der Waals surface area (Å²) < 4.78 is 32.4. The number of anilines is 1. The maximum Gasteiger partial charge on any atom is 0.343 e. The summed E-state index contributed by atoms with van der Waals surface area (Å²) in [5.41, 5.74) is 3.74. The largest absolute Gasteiger partial charge is 0.343 e. The van der Waals surface area contributed by atoms with Crippen molar-refractivity contribution in [3.63, 3.8) is 0 Å². The van der Waals surface area contributed by atoms with E-state index in [0.717, 1.165) is 22.4 Å². The van der Waals surface area contributed by atoms with Gasteiger partial charge in [-0.1, -0.05) is 42.5 Å². The highest BCUT2D eigenvalue weighted by Crippen LogP contribution is 2.38. The number of benzene rings is 3. The lowest BCUT2D eigenvalue weighted by atomic mass is 10.1. The van der Waals surface area contributed by atoms with E-state index in [1.165, 1.54) is 29.1 Å². The Morgan fingerprint density at radius 3 is 2.31 bits per heavy atom. The van der Waals surface area contributed by atoms with Gasteiger partial charge in [-0.3, -0.25) is 19.2 Å². The summed E-state index contributed by atoms with van der Waals surface area (Å²) in [5, 5.41) is 2.93. The van der Waals surface area contributed by atoms with Crippen molar-refractivity contribution < 1.29 is 18.4 Å². The van der Waals surface area contributed by atoms with Crippen molar-refractivity contribution >= 4 is 33.3 Å². The van der Waals surface area contributed by atoms with Crippen LogP contribution in [0.4, 0.5) is 19.3 Å². The van der Waals surface area contributed by atoms with Crippen LogP contribution >= 0.6 is 11.3 Å². The summed E-state index contributed by atoms with van der Waals surface area (Å²) in [7, 11) is 3.25. The smallest absolute Gasteiger partial charge is 0.306 e. The Morgan fingerprint density at radius 1 is 0.918 bits per heavy atom. The van der Waals surface area contributed by atoms with E-state index >= 15 is 8.78 Å². The molecule has 0 spiro atoms. The molecule has 6 aromatic rings. The number of hydroxylamine groups is 1.